The smallest absolute Gasteiger partial charge is 0.324 e. The van der Waals surface area contributed by atoms with E-state index >= 15 is 0 Å². The summed E-state index contributed by atoms with van der Waals surface area (Å²) in [5.41, 5.74) is 2.47. The fourth-order valence-electron chi connectivity index (χ4n) is 4.59. The maximum Gasteiger partial charge on any atom is 0.324 e. The Morgan fingerprint density at radius 1 is 1.20 bits per heavy atom. The highest BCUT2D eigenvalue weighted by molar-refractivity contribution is 5.80. The molecule has 2 aromatic rings. The third kappa shape index (κ3) is 6.84. The van der Waals surface area contributed by atoms with Gasteiger partial charge in [-0.1, -0.05) is 37.2 Å². The van der Waals surface area contributed by atoms with Crippen LogP contribution in [0.15, 0.2) is 34.9 Å². The number of hydrogen-bond donors (Lipinski definition) is 2. The van der Waals surface area contributed by atoms with Crippen molar-refractivity contribution in [1.82, 2.24) is 15.5 Å². The molecule has 1 aliphatic heterocycles. The van der Waals surface area contributed by atoms with E-state index in [2.05, 4.69) is 52.4 Å². The highest BCUT2D eigenvalue weighted by Crippen LogP contribution is 2.31. The first-order chi connectivity index (χ1) is 16.9. The summed E-state index contributed by atoms with van der Waals surface area (Å²) < 4.78 is 11.5. The van der Waals surface area contributed by atoms with E-state index in [1.165, 1.54) is 11.1 Å². The van der Waals surface area contributed by atoms with E-state index in [4.69, 9.17) is 9.26 Å². The minimum absolute atomic E-state index is 0.0105. The Morgan fingerprint density at radius 2 is 1.94 bits per heavy atom. The van der Waals surface area contributed by atoms with Gasteiger partial charge in [0.25, 0.3) is 0 Å². The lowest BCUT2D eigenvalue weighted by molar-refractivity contribution is -0.125. The van der Waals surface area contributed by atoms with Gasteiger partial charge in [0.1, 0.15) is 5.75 Å². The van der Waals surface area contributed by atoms with Gasteiger partial charge in [0.05, 0.1) is 12.7 Å². The lowest BCUT2D eigenvalue weighted by atomic mass is 9.86. The van der Waals surface area contributed by atoms with E-state index in [9.17, 15) is 9.90 Å². The summed E-state index contributed by atoms with van der Waals surface area (Å²) in [4.78, 5) is 18.9. The number of carbonyl (C=O) groups is 1. The Bertz CT molecular complexity index is 991. The van der Waals surface area contributed by atoms with Crippen LogP contribution >= 0.6 is 0 Å². The first-order valence-electron chi connectivity index (χ1n) is 12.9. The van der Waals surface area contributed by atoms with Crippen LogP contribution in [0.3, 0.4) is 0 Å². The summed E-state index contributed by atoms with van der Waals surface area (Å²) in [6.07, 6.45) is 6.18. The fourth-order valence-corrected chi connectivity index (χ4v) is 4.59. The van der Waals surface area contributed by atoms with Crippen LogP contribution in [0.4, 0.5) is 6.01 Å². The maximum atomic E-state index is 12.2. The predicted octanol–water partition coefficient (Wildman–Crippen LogP) is 4.17. The van der Waals surface area contributed by atoms with E-state index in [1.807, 2.05) is 12.1 Å². The van der Waals surface area contributed by atoms with Gasteiger partial charge in [-0.15, -0.1) is 0 Å². The number of benzene rings is 1. The van der Waals surface area contributed by atoms with Crippen molar-refractivity contribution >= 4 is 17.5 Å². The molecule has 0 spiro atoms. The van der Waals surface area contributed by atoms with Gasteiger partial charge >= 0.3 is 6.01 Å². The molecule has 190 valence electrons. The first-order valence-corrected chi connectivity index (χ1v) is 12.9. The van der Waals surface area contributed by atoms with Gasteiger partial charge in [-0.3, -0.25) is 4.79 Å². The number of amides is 1. The molecule has 2 atom stereocenters. The number of carbonyl (C=O) groups excluding carboxylic acids is 1. The third-order valence-electron chi connectivity index (χ3n) is 6.90. The molecule has 2 heterocycles. The van der Waals surface area contributed by atoms with Crippen LogP contribution in [0.5, 0.6) is 5.75 Å². The molecule has 4 rings (SSSR count). The van der Waals surface area contributed by atoms with Crippen LogP contribution in [0.25, 0.3) is 5.57 Å². The van der Waals surface area contributed by atoms with Crippen molar-refractivity contribution < 1.29 is 19.2 Å². The number of aromatic nitrogens is 2. The van der Waals surface area contributed by atoms with Crippen LogP contribution in [-0.4, -0.2) is 53.5 Å². The van der Waals surface area contributed by atoms with Crippen molar-refractivity contribution in [3.63, 3.8) is 0 Å². The summed E-state index contributed by atoms with van der Waals surface area (Å²) in [7, 11) is 0. The summed E-state index contributed by atoms with van der Waals surface area (Å²) >= 11 is 0. The molecule has 1 saturated heterocycles. The number of ether oxygens (including phenoxy) is 1. The van der Waals surface area contributed by atoms with Crippen molar-refractivity contribution in [2.45, 2.75) is 64.9 Å². The number of nitrogens with one attached hydrogen (secondary N) is 1. The topological polar surface area (TPSA) is 101 Å². The zero-order valence-electron chi connectivity index (χ0n) is 21.1. The Labute approximate surface area is 207 Å². The molecule has 2 aliphatic rings. The third-order valence-corrected chi connectivity index (χ3v) is 6.90. The second kappa shape index (κ2) is 11.7. The Morgan fingerprint density at radius 3 is 2.54 bits per heavy atom. The van der Waals surface area contributed by atoms with Crippen LogP contribution in [0.1, 0.15) is 70.2 Å². The summed E-state index contributed by atoms with van der Waals surface area (Å²) in [6.45, 7) is 8.63. The van der Waals surface area contributed by atoms with Gasteiger partial charge in [-0.05, 0) is 68.2 Å². The molecule has 1 aliphatic carbocycles. The molecule has 0 saturated carbocycles. The first kappa shape index (κ1) is 25.2. The van der Waals surface area contributed by atoms with Crippen molar-refractivity contribution in [1.29, 1.82) is 0 Å². The Balaban J connectivity index is 1.20. The molecule has 1 aromatic carbocycles. The van der Waals surface area contributed by atoms with E-state index in [0.717, 1.165) is 56.8 Å². The van der Waals surface area contributed by atoms with Crippen LogP contribution in [0, 0.1) is 11.8 Å². The molecular formula is C27H38N4O4. The average Bonchev–Trinajstić information content (AvgIpc) is 3.38. The summed E-state index contributed by atoms with van der Waals surface area (Å²) in [5, 5.41) is 16.2. The van der Waals surface area contributed by atoms with Crippen molar-refractivity contribution in [2.75, 3.05) is 31.1 Å². The lowest BCUT2D eigenvalue weighted by Crippen LogP contribution is -2.35. The van der Waals surface area contributed by atoms with E-state index in [-0.39, 0.29) is 17.7 Å². The van der Waals surface area contributed by atoms with Gasteiger partial charge < -0.3 is 24.6 Å². The molecule has 1 amide bonds. The molecule has 35 heavy (non-hydrogen) atoms. The van der Waals surface area contributed by atoms with E-state index in [1.54, 1.807) is 6.92 Å². The Hall–Kier alpha value is -2.87. The number of aliphatic hydroxyl groups is 1. The zero-order valence-corrected chi connectivity index (χ0v) is 21.1. The molecule has 2 N–H and O–H groups in total. The van der Waals surface area contributed by atoms with Gasteiger partial charge in [-0.2, -0.15) is 4.98 Å². The van der Waals surface area contributed by atoms with Crippen molar-refractivity contribution in [3.05, 3.63) is 41.7 Å². The number of nitrogens with zero attached hydrogens (tertiary/aromatic N) is 3. The SMILES string of the molecule is CC(C)c1noc(N2CCC(COc3ccc(C4=CCC(C(=O)NC[C@H](C)O)CC4)cc3)CC2)n1. The minimum Gasteiger partial charge on any atom is -0.493 e. The van der Waals surface area contributed by atoms with Crippen molar-refractivity contribution in [3.8, 4) is 5.75 Å². The molecule has 1 fully saturated rings. The van der Waals surface area contributed by atoms with Crippen molar-refractivity contribution in [2.24, 2.45) is 11.8 Å². The normalized spacial score (nSPS) is 20.0. The molecule has 8 heteroatoms. The van der Waals surface area contributed by atoms with E-state index < -0.39 is 6.10 Å². The number of aliphatic hydroxyl groups excluding tert-OH is 1. The predicted molar refractivity (Wildman–Crippen MR) is 135 cm³/mol. The monoisotopic (exact) mass is 482 g/mol. The van der Waals surface area contributed by atoms with Gasteiger partial charge in [0, 0.05) is 31.5 Å². The number of hydrogen-bond acceptors (Lipinski definition) is 7. The largest absolute Gasteiger partial charge is 0.493 e. The van der Waals surface area contributed by atoms with Crippen LogP contribution in [-0.2, 0) is 4.79 Å². The molecule has 1 aromatic heterocycles. The summed E-state index contributed by atoms with van der Waals surface area (Å²) in [6, 6.07) is 8.93. The number of rotatable bonds is 9. The highest BCUT2D eigenvalue weighted by atomic mass is 16.5. The van der Waals surface area contributed by atoms with Gasteiger partial charge in [-0.25, -0.2) is 0 Å². The van der Waals surface area contributed by atoms with Gasteiger partial charge in [0.2, 0.25) is 5.91 Å². The molecular weight excluding hydrogens is 444 g/mol. The quantitative estimate of drug-likeness (QED) is 0.553. The van der Waals surface area contributed by atoms with Crippen LogP contribution in [0.2, 0.25) is 0 Å². The molecule has 0 bridgehead atoms. The second-order valence-corrected chi connectivity index (χ2v) is 10.2. The summed E-state index contributed by atoms with van der Waals surface area (Å²) in [5.74, 6) is 2.45. The second-order valence-electron chi connectivity index (χ2n) is 10.2. The lowest BCUT2D eigenvalue weighted by Gasteiger charge is -2.30. The average molecular weight is 483 g/mol. The standard InChI is InChI=1S/C27H38N4O4/c1-18(2)25-29-27(35-30-25)31-14-12-20(13-15-31)17-34-24-10-8-22(9-11-24)21-4-6-23(7-5-21)26(33)28-16-19(3)32/h4,8-11,18-20,23,32H,5-7,12-17H2,1-3H3,(H,28,33)/t19-,23?/m0/s1. The number of piperidine rings is 1. The molecule has 0 radical (unpaired) electrons. The Kier molecular flexibility index (Phi) is 8.44. The van der Waals surface area contributed by atoms with Crippen LogP contribution < -0.4 is 15.0 Å². The van der Waals surface area contributed by atoms with E-state index in [0.29, 0.717) is 25.1 Å². The molecule has 8 nitrogen and oxygen atoms in total. The van der Waals surface area contributed by atoms with Gasteiger partial charge in [0.15, 0.2) is 5.82 Å². The maximum absolute atomic E-state index is 12.2. The zero-order chi connectivity index (χ0) is 24.8. The molecule has 1 unspecified atom stereocenters. The number of allylic oxidation sites excluding steroid dienone is 2. The fraction of sp³-hybridized carbons (Fsp3) is 0.593. The number of anilines is 1. The highest BCUT2D eigenvalue weighted by Gasteiger charge is 2.24. The minimum atomic E-state index is -0.517.